The highest BCUT2D eigenvalue weighted by Crippen LogP contribution is 2.26. The first-order valence-corrected chi connectivity index (χ1v) is 5.96. The fourth-order valence-electron chi connectivity index (χ4n) is 1.70. The molecule has 0 saturated carbocycles. The molecule has 0 aliphatic carbocycles. The van der Waals surface area contributed by atoms with E-state index >= 15 is 0 Å². The zero-order valence-corrected chi connectivity index (χ0v) is 11.0. The van der Waals surface area contributed by atoms with Crippen molar-refractivity contribution in [2.75, 3.05) is 7.11 Å². The van der Waals surface area contributed by atoms with Crippen molar-refractivity contribution in [3.63, 3.8) is 0 Å². The Morgan fingerprint density at radius 3 is 2.74 bits per heavy atom. The van der Waals surface area contributed by atoms with Crippen LogP contribution in [0.15, 0.2) is 36.7 Å². The Labute approximate surface area is 115 Å². The van der Waals surface area contributed by atoms with Crippen LogP contribution < -0.4 is 0 Å². The minimum absolute atomic E-state index is 0.0746. The van der Waals surface area contributed by atoms with Gasteiger partial charge in [-0.05, 0) is 29.3 Å². The summed E-state index contributed by atoms with van der Waals surface area (Å²) in [7, 11) is 1.31. The van der Waals surface area contributed by atoms with Crippen LogP contribution >= 0.6 is 11.6 Å². The third kappa shape index (κ3) is 2.92. The van der Waals surface area contributed by atoms with Gasteiger partial charge in [-0.25, -0.2) is 4.79 Å². The number of benzene rings is 1. The minimum atomic E-state index is -0.473. The number of hydrogen-bond donors (Lipinski definition) is 1. The van der Waals surface area contributed by atoms with Crippen molar-refractivity contribution in [1.82, 2.24) is 4.98 Å². The van der Waals surface area contributed by atoms with Crippen molar-refractivity contribution in [1.29, 1.82) is 0 Å². The van der Waals surface area contributed by atoms with Crippen molar-refractivity contribution < 1.29 is 14.6 Å². The van der Waals surface area contributed by atoms with Crippen LogP contribution in [0.25, 0.3) is 11.1 Å². The van der Waals surface area contributed by atoms with Gasteiger partial charge >= 0.3 is 5.97 Å². The molecule has 4 nitrogen and oxygen atoms in total. The number of methoxy groups -OCH3 is 1. The zero-order valence-electron chi connectivity index (χ0n) is 10.3. The van der Waals surface area contributed by atoms with E-state index in [1.165, 1.54) is 7.11 Å². The van der Waals surface area contributed by atoms with Crippen molar-refractivity contribution in [3.05, 3.63) is 52.8 Å². The molecule has 2 aromatic rings. The number of carbonyl (C=O) groups is 1. The molecule has 1 heterocycles. The molecule has 0 fully saturated rings. The topological polar surface area (TPSA) is 59.4 Å². The van der Waals surface area contributed by atoms with E-state index in [-0.39, 0.29) is 6.61 Å². The van der Waals surface area contributed by atoms with Crippen molar-refractivity contribution >= 4 is 17.6 Å². The van der Waals surface area contributed by atoms with Crippen LogP contribution in [0.2, 0.25) is 5.02 Å². The quantitative estimate of drug-likeness (QED) is 0.876. The highest BCUT2D eigenvalue weighted by Gasteiger charge is 2.11. The number of carbonyl (C=O) groups excluding carboxylic acids is 1. The van der Waals surface area contributed by atoms with E-state index in [4.69, 9.17) is 16.7 Å². The molecule has 0 atom stereocenters. The minimum Gasteiger partial charge on any atom is -0.465 e. The summed E-state index contributed by atoms with van der Waals surface area (Å²) in [6.45, 7) is -0.0746. The number of rotatable bonds is 3. The molecule has 0 unspecified atom stereocenters. The molecule has 1 aromatic carbocycles. The first-order chi connectivity index (χ1) is 9.15. The van der Waals surface area contributed by atoms with Crippen molar-refractivity contribution in [2.45, 2.75) is 6.61 Å². The van der Waals surface area contributed by atoms with E-state index in [2.05, 4.69) is 9.72 Å². The van der Waals surface area contributed by atoms with Crippen LogP contribution in [0.1, 0.15) is 15.9 Å². The smallest absolute Gasteiger partial charge is 0.339 e. The Balaban J connectivity index is 2.41. The number of aromatic nitrogens is 1. The number of pyridine rings is 1. The van der Waals surface area contributed by atoms with Crippen molar-refractivity contribution in [2.24, 2.45) is 0 Å². The maximum Gasteiger partial charge on any atom is 0.339 e. The highest BCUT2D eigenvalue weighted by atomic mass is 35.5. The summed E-state index contributed by atoms with van der Waals surface area (Å²) >= 11 is 6.06. The summed E-state index contributed by atoms with van der Waals surface area (Å²) in [4.78, 5) is 15.5. The van der Waals surface area contributed by atoms with Crippen LogP contribution in [-0.4, -0.2) is 23.2 Å². The monoisotopic (exact) mass is 277 g/mol. The normalized spacial score (nSPS) is 10.3. The lowest BCUT2D eigenvalue weighted by Gasteiger charge is -2.06. The standard InChI is InChI=1S/C14H12ClNO3/c1-19-14(18)12-3-2-10(5-13(12)15)11-4-9(8-17)6-16-7-11/h2-7,17H,8H2,1H3. The average Bonchev–Trinajstić information content (AvgIpc) is 2.46. The van der Waals surface area contributed by atoms with Gasteiger partial charge in [0.2, 0.25) is 0 Å². The predicted molar refractivity (Wildman–Crippen MR) is 71.9 cm³/mol. The number of halogens is 1. The molecular formula is C14H12ClNO3. The van der Waals surface area contributed by atoms with Gasteiger partial charge in [0.1, 0.15) is 0 Å². The molecule has 0 bridgehead atoms. The summed E-state index contributed by atoms with van der Waals surface area (Å²) in [6.07, 6.45) is 3.26. The maximum atomic E-state index is 11.4. The summed E-state index contributed by atoms with van der Waals surface area (Å²) in [5, 5.41) is 9.40. The van der Waals surface area contributed by atoms with E-state index in [9.17, 15) is 4.79 Å². The van der Waals surface area contributed by atoms with E-state index < -0.39 is 5.97 Å². The number of nitrogens with zero attached hydrogens (tertiary/aromatic N) is 1. The third-order valence-electron chi connectivity index (χ3n) is 2.69. The first kappa shape index (κ1) is 13.5. The summed E-state index contributed by atoms with van der Waals surface area (Å²) < 4.78 is 4.63. The molecule has 5 heteroatoms. The lowest BCUT2D eigenvalue weighted by molar-refractivity contribution is 0.0601. The lowest BCUT2D eigenvalue weighted by Crippen LogP contribution is -2.01. The summed E-state index contributed by atoms with van der Waals surface area (Å²) in [5.41, 5.74) is 2.68. The second kappa shape index (κ2) is 5.82. The SMILES string of the molecule is COC(=O)c1ccc(-c2cncc(CO)c2)cc1Cl. The molecule has 2 rings (SSSR count). The Bertz CT molecular complexity index is 613. The fourth-order valence-corrected chi connectivity index (χ4v) is 1.96. The van der Waals surface area contributed by atoms with Gasteiger partial charge in [0.25, 0.3) is 0 Å². The number of hydrogen-bond acceptors (Lipinski definition) is 4. The number of ether oxygens (including phenoxy) is 1. The van der Waals surface area contributed by atoms with Gasteiger partial charge in [0.15, 0.2) is 0 Å². The molecular weight excluding hydrogens is 266 g/mol. The van der Waals surface area contributed by atoms with Crippen LogP contribution in [0, 0.1) is 0 Å². The maximum absolute atomic E-state index is 11.4. The first-order valence-electron chi connectivity index (χ1n) is 5.58. The summed E-state index contributed by atoms with van der Waals surface area (Å²) in [5.74, 6) is -0.473. The van der Waals surface area contributed by atoms with Gasteiger partial charge in [-0.1, -0.05) is 17.7 Å². The molecule has 98 valence electrons. The van der Waals surface area contributed by atoms with Crippen LogP contribution in [0.5, 0.6) is 0 Å². The molecule has 0 radical (unpaired) electrons. The molecule has 1 N–H and O–H groups in total. The average molecular weight is 278 g/mol. The highest BCUT2D eigenvalue weighted by molar-refractivity contribution is 6.33. The second-order valence-corrected chi connectivity index (χ2v) is 4.33. The largest absolute Gasteiger partial charge is 0.465 e. The Kier molecular flexibility index (Phi) is 4.14. The van der Waals surface area contributed by atoms with Gasteiger partial charge in [-0.2, -0.15) is 0 Å². The summed E-state index contributed by atoms with van der Waals surface area (Å²) in [6, 6.07) is 6.86. The van der Waals surface area contributed by atoms with Gasteiger partial charge in [0, 0.05) is 18.0 Å². The van der Waals surface area contributed by atoms with Crippen molar-refractivity contribution in [3.8, 4) is 11.1 Å². The molecule has 19 heavy (non-hydrogen) atoms. The van der Waals surface area contributed by atoms with Gasteiger partial charge < -0.3 is 9.84 Å². The third-order valence-corrected chi connectivity index (χ3v) is 3.00. The van der Waals surface area contributed by atoms with Gasteiger partial charge in [-0.15, -0.1) is 0 Å². The van der Waals surface area contributed by atoms with Crippen LogP contribution in [0.4, 0.5) is 0 Å². The Hall–Kier alpha value is -1.91. The molecule has 0 aliphatic rings. The number of esters is 1. The van der Waals surface area contributed by atoms with Gasteiger partial charge in [0.05, 0.1) is 24.3 Å². The van der Waals surface area contributed by atoms with Crippen LogP contribution in [0.3, 0.4) is 0 Å². The molecule has 1 aromatic heterocycles. The molecule has 0 amide bonds. The molecule has 0 spiro atoms. The molecule has 0 aliphatic heterocycles. The Morgan fingerprint density at radius 2 is 2.11 bits per heavy atom. The zero-order chi connectivity index (χ0) is 13.8. The lowest BCUT2D eigenvalue weighted by atomic mass is 10.0. The van der Waals surface area contributed by atoms with E-state index in [1.54, 1.807) is 30.6 Å². The number of aliphatic hydroxyl groups is 1. The predicted octanol–water partition coefficient (Wildman–Crippen LogP) is 2.68. The Morgan fingerprint density at radius 1 is 1.32 bits per heavy atom. The number of aliphatic hydroxyl groups excluding tert-OH is 1. The second-order valence-electron chi connectivity index (χ2n) is 3.93. The van der Waals surface area contributed by atoms with E-state index in [0.717, 1.165) is 11.1 Å². The van der Waals surface area contributed by atoms with Gasteiger partial charge in [-0.3, -0.25) is 4.98 Å². The fraction of sp³-hybridized carbons (Fsp3) is 0.143. The molecule has 0 saturated heterocycles. The van der Waals surface area contributed by atoms with Crippen LogP contribution in [-0.2, 0) is 11.3 Å². The van der Waals surface area contributed by atoms with E-state index in [1.807, 2.05) is 6.07 Å². The van der Waals surface area contributed by atoms with E-state index in [0.29, 0.717) is 16.1 Å².